The molecule has 0 aliphatic carbocycles. The average Bonchev–Trinajstić information content (AvgIpc) is 3.40. The van der Waals surface area contributed by atoms with Crippen LogP contribution in [0.15, 0.2) is 75.1 Å². The lowest BCUT2D eigenvalue weighted by molar-refractivity contribution is -0.132. The zero-order chi connectivity index (χ0) is 23.8. The van der Waals surface area contributed by atoms with Crippen molar-refractivity contribution in [1.29, 1.82) is 0 Å². The molecule has 3 heterocycles. The predicted molar refractivity (Wildman–Crippen MR) is 135 cm³/mol. The minimum Gasteiger partial charge on any atom is -0.507 e. The van der Waals surface area contributed by atoms with Crippen molar-refractivity contribution in [1.82, 2.24) is 0 Å². The van der Waals surface area contributed by atoms with E-state index >= 15 is 0 Å². The Morgan fingerprint density at radius 3 is 2.18 bits per heavy atom. The number of halogens is 1. The van der Waals surface area contributed by atoms with Gasteiger partial charge in [-0.1, -0.05) is 28.1 Å². The fourth-order valence-corrected chi connectivity index (χ4v) is 4.97. The molecular weight excluding hydrogens is 496 g/mol. The van der Waals surface area contributed by atoms with Gasteiger partial charge in [-0.25, -0.2) is 0 Å². The van der Waals surface area contributed by atoms with E-state index in [9.17, 15) is 14.7 Å². The molecule has 1 unspecified atom stereocenters. The summed E-state index contributed by atoms with van der Waals surface area (Å²) in [5.41, 5.74) is 2.15. The summed E-state index contributed by atoms with van der Waals surface area (Å²) >= 11 is 3.38. The minimum absolute atomic E-state index is 0.0155. The van der Waals surface area contributed by atoms with Crippen molar-refractivity contribution in [3.63, 3.8) is 0 Å². The molecule has 1 aromatic heterocycles. The number of aryl methyl sites for hydroxylation is 1. The van der Waals surface area contributed by atoms with Gasteiger partial charge < -0.3 is 14.4 Å². The molecule has 3 aromatic rings. The van der Waals surface area contributed by atoms with Crippen LogP contribution in [0.2, 0.25) is 0 Å². The number of benzene rings is 2. The van der Waals surface area contributed by atoms with Crippen LogP contribution in [0.25, 0.3) is 5.76 Å². The first kappa shape index (κ1) is 22.5. The second kappa shape index (κ2) is 9.14. The molecule has 1 N–H and O–H groups in total. The van der Waals surface area contributed by atoms with Crippen LogP contribution in [0.3, 0.4) is 0 Å². The standard InChI is InChI=1S/C27H25BrN2O4/c1-17-5-14-22(34-17)24-23(25(31)18-6-8-19(28)9-7-18)26(32)27(33)30(24)21-12-10-20(11-13-21)29-15-3-2-4-16-29/h5-14,24,31H,2-4,15-16H2,1H3/b25-23-. The van der Waals surface area contributed by atoms with Crippen LogP contribution < -0.4 is 9.80 Å². The second-order valence-corrected chi connectivity index (χ2v) is 9.60. The third kappa shape index (κ3) is 4.05. The maximum Gasteiger partial charge on any atom is 0.300 e. The van der Waals surface area contributed by atoms with E-state index in [1.165, 1.54) is 24.2 Å². The van der Waals surface area contributed by atoms with Gasteiger partial charge in [-0.3, -0.25) is 14.5 Å². The molecule has 0 saturated carbocycles. The molecule has 2 fully saturated rings. The molecule has 1 atom stereocenters. The highest BCUT2D eigenvalue weighted by Gasteiger charge is 2.48. The maximum atomic E-state index is 13.3. The molecular formula is C27H25BrN2O4. The van der Waals surface area contributed by atoms with Gasteiger partial charge in [0.2, 0.25) is 0 Å². The molecule has 5 rings (SSSR count). The number of Topliss-reactive ketones (excluding diaryl/α,β-unsaturated/α-hetero) is 1. The Kier molecular flexibility index (Phi) is 6.04. The number of amides is 1. The summed E-state index contributed by atoms with van der Waals surface area (Å²) in [5.74, 6) is -0.569. The molecule has 1 amide bonds. The number of ketones is 1. The van der Waals surface area contributed by atoms with Gasteiger partial charge in [0, 0.05) is 34.5 Å². The first-order valence-corrected chi connectivity index (χ1v) is 12.2. The van der Waals surface area contributed by atoms with E-state index < -0.39 is 17.7 Å². The number of furan rings is 1. The van der Waals surface area contributed by atoms with Crippen LogP contribution in [-0.2, 0) is 9.59 Å². The van der Waals surface area contributed by atoms with Gasteiger partial charge in [0.1, 0.15) is 23.3 Å². The van der Waals surface area contributed by atoms with Gasteiger partial charge in [-0.15, -0.1) is 0 Å². The van der Waals surface area contributed by atoms with Gasteiger partial charge in [0.05, 0.1) is 5.57 Å². The maximum absolute atomic E-state index is 13.3. The number of carbonyl (C=O) groups is 2. The predicted octanol–water partition coefficient (Wildman–Crippen LogP) is 5.97. The number of piperidine rings is 1. The molecule has 0 spiro atoms. The SMILES string of the molecule is Cc1ccc(C2/C(=C(/O)c3ccc(Br)cc3)C(=O)C(=O)N2c2ccc(N3CCCCC3)cc2)o1. The van der Waals surface area contributed by atoms with Gasteiger partial charge in [0.25, 0.3) is 11.7 Å². The Labute approximate surface area is 206 Å². The third-order valence-corrected chi connectivity index (χ3v) is 6.97. The van der Waals surface area contributed by atoms with Crippen molar-refractivity contribution >= 4 is 44.8 Å². The first-order valence-electron chi connectivity index (χ1n) is 11.4. The van der Waals surface area contributed by atoms with Crippen molar-refractivity contribution in [2.45, 2.75) is 32.2 Å². The largest absolute Gasteiger partial charge is 0.507 e. The Balaban J connectivity index is 1.58. The number of carbonyl (C=O) groups excluding carboxylic acids is 2. The number of nitrogens with zero attached hydrogens (tertiary/aromatic N) is 2. The molecule has 0 radical (unpaired) electrons. The lowest BCUT2D eigenvalue weighted by Gasteiger charge is -2.29. The number of aliphatic hydroxyl groups excluding tert-OH is 1. The Morgan fingerprint density at radius 2 is 1.56 bits per heavy atom. The molecule has 0 bridgehead atoms. The summed E-state index contributed by atoms with van der Waals surface area (Å²) in [6, 6.07) is 17.3. The van der Waals surface area contributed by atoms with E-state index in [2.05, 4.69) is 20.8 Å². The molecule has 2 aromatic carbocycles. The first-order chi connectivity index (χ1) is 16.4. The molecule has 2 saturated heterocycles. The van der Waals surface area contributed by atoms with Gasteiger partial charge in [-0.05, 0) is 74.7 Å². The quantitative estimate of drug-likeness (QED) is 0.260. The highest BCUT2D eigenvalue weighted by molar-refractivity contribution is 9.10. The van der Waals surface area contributed by atoms with E-state index in [-0.39, 0.29) is 11.3 Å². The summed E-state index contributed by atoms with van der Waals surface area (Å²) in [4.78, 5) is 30.2. The van der Waals surface area contributed by atoms with E-state index in [1.807, 2.05) is 24.3 Å². The van der Waals surface area contributed by atoms with Gasteiger partial charge in [-0.2, -0.15) is 0 Å². The summed E-state index contributed by atoms with van der Waals surface area (Å²) in [6.07, 6.45) is 3.59. The normalized spacial score (nSPS) is 20.2. The molecule has 6 nitrogen and oxygen atoms in total. The Bertz CT molecular complexity index is 1250. The molecule has 2 aliphatic rings. The molecule has 2 aliphatic heterocycles. The average molecular weight is 521 g/mol. The number of hydrogen-bond donors (Lipinski definition) is 1. The van der Waals surface area contributed by atoms with Crippen molar-refractivity contribution in [2.75, 3.05) is 22.9 Å². The molecule has 7 heteroatoms. The van der Waals surface area contributed by atoms with Crippen LogP contribution >= 0.6 is 15.9 Å². The monoisotopic (exact) mass is 520 g/mol. The highest BCUT2D eigenvalue weighted by atomic mass is 79.9. The zero-order valence-electron chi connectivity index (χ0n) is 18.8. The van der Waals surface area contributed by atoms with E-state index in [1.54, 1.807) is 43.3 Å². The van der Waals surface area contributed by atoms with Crippen LogP contribution in [0.1, 0.15) is 42.4 Å². The van der Waals surface area contributed by atoms with Crippen molar-refractivity contribution in [2.24, 2.45) is 0 Å². The highest BCUT2D eigenvalue weighted by Crippen LogP contribution is 2.43. The van der Waals surface area contributed by atoms with Crippen LogP contribution in [0, 0.1) is 6.92 Å². The number of hydrogen-bond acceptors (Lipinski definition) is 5. The fourth-order valence-electron chi connectivity index (χ4n) is 4.71. The van der Waals surface area contributed by atoms with Crippen molar-refractivity contribution in [3.8, 4) is 0 Å². The van der Waals surface area contributed by atoms with Crippen molar-refractivity contribution in [3.05, 3.63) is 87.8 Å². The van der Waals surface area contributed by atoms with Crippen LogP contribution in [-0.4, -0.2) is 29.9 Å². The van der Waals surface area contributed by atoms with Crippen LogP contribution in [0.5, 0.6) is 0 Å². The van der Waals surface area contributed by atoms with E-state index in [0.29, 0.717) is 22.8 Å². The van der Waals surface area contributed by atoms with E-state index in [4.69, 9.17) is 4.42 Å². The van der Waals surface area contributed by atoms with Crippen molar-refractivity contribution < 1.29 is 19.1 Å². The summed E-state index contributed by atoms with van der Waals surface area (Å²) in [7, 11) is 0. The Hall–Kier alpha value is -3.32. The van der Waals surface area contributed by atoms with Gasteiger partial charge >= 0.3 is 0 Å². The molecule has 34 heavy (non-hydrogen) atoms. The van der Waals surface area contributed by atoms with Crippen LogP contribution in [0.4, 0.5) is 11.4 Å². The fraction of sp³-hybridized carbons (Fsp3) is 0.259. The topological polar surface area (TPSA) is 74.0 Å². The Morgan fingerprint density at radius 1 is 0.912 bits per heavy atom. The molecule has 174 valence electrons. The van der Waals surface area contributed by atoms with Gasteiger partial charge in [0.15, 0.2) is 0 Å². The zero-order valence-corrected chi connectivity index (χ0v) is 20.4. The smallest absolute Gasteiger partial charge is 0.300 e. The van der Waals surface area contributed by atoms with E-state index in [0.717, 1.165) is 23.2 Å². The number of anilines is 2. The lowest BCUT2D eigenvalue weighted by atomic mass is 9.99. The minimum atomic E-state index is -0.863. The lowest BCUT2D eigenvalue weighted by Crippen LogP contribution is -2.30. The third-order valence-electron chi connectivity index (χ3n) is 6.44. The summed E-state index contributed by atoms with van der Waals surface area (Å²) < 4.78 is 6.71. The second-order valence-electron chi connectivity index (χ2n) is 8.69. The number of aliphatic hydroxyl groups is 1. The number of rotatable bonds is 4. The summed E-state index contributed by atoms with van der Waals surface area (Å²) in [5, 5.41) is 11.1. The summed E-state index contributed by atoms with van der Waals surface area (Å²) in [6.45, 7) is 3.84.